The molecule has 168 valence electrons. The number of benzene rings is 2. The summed E-state index contributed by atoms with van der Waals surface area (Å²) in [6.07, 6.45) is -3.18. The maximum absolute atomic E-state index is 13.2. The van der Waals surface area contributed by atoms with E-state index in [4.69, 9.17) is 4.52 Å². The minimum absolute atomic E-state index is 0.221. The largest absolute Gasteiger partial charge is 0.418 e. The second-order valence-corrected chi connectivity index (χ2v) is 7.99. The quantitative estimate of drug-likeness (QED) is 0.605. The molecule has 0 aliphatic carbocycles. The second kappa shape index (κ2) is 9.12. The number of piperidine rings is 1. The van der Waals surface area contributed by atoms with Gasteiger partial charge in [-0.2, -0.15) is 18.2 Å². The third kappa shape index (κ3) is 5.16. The Labute approximate surface area is 183 Å². The van der Waals surface area contributed by atoms with Gasteiger partial charge in [-0.3, -0.25) is 9.69 Å². The molecule has 2 aromatic carbocycles. The molecule has 6 nitrogen and oxygen atoms in total. The normalized spacial score (nSPS) is 17.3. The Hall–Kier alpha value is -3.20. The van der Waals surface area contributed by atoms with Gasteiger partial charge in [-0.1, -0.05) is 41.1 Å². The van der Waals surface area contributed by atoms with Gasteiger partial charge in [0.15, 0.2) is 0 Å². The number of amides is 1. The smallest absolute Gasteiger partial charge is 0.338 e. The number of nitrogens with one attached hydrogen (secondary N) is 1. The van der Waals surface area contributed by atoms with Gasteiger partial charge in [-0.15, -0.1) is 0 Å². The molecule has 1 saturated heterocycles. The van der Waals surface area contributed by atoms with Crippen molar-refractivity contribution in [3.05, 3.63) is 65.5 Å². The number of hydrogen-bond acceptors (Lipinski definition) is 5. The standard InChI is InChI=1S/C23H23F3N4O2/c1-15-6-4-7-16(12-15)21-28-20(32-29-21)14-30-11-5-8-17(13-30)22(31)27-19-10-3-2-9-18(19)23(24,25)26/h2-4,6-7,9-10,12,17H,5,8,11,13-14H2,1H3,(H,27,31). The highest BCUT2D eigenvalue weighted by molar-refractivity contribution is 5.93. The average molecular weight is 444 g/mol. The van der Waals surface area contributed by atoms with Crippen LogP contribution in [0.2, 0.25) is 0 Å². The van der Waals surface area contributed by atoms with Gasteiger partial charge < -0.3 is 9.84 Å². The molecule has 1 N–H and O–H groups in total. The summed E-state index contributed by atoms with van der Waals surface area (Å²) in [5, 5.41) is 6.50. The molecule has 1 aliphatic heterocycles. The number of para-hydroxylation sites is 1. The third-order valence-electron chi connectivity index (χ3n) is 5.47. The molecule has 0 bridgehead atoms. The fraction of sp³-hybridized carbons (Fsp3) is 0.348. The number of likely N-dealkylation sites (tertiary alicyclic amines) is 1. The summed E-state index contributed by atoms with van der Waals surface area (Å²) in [6.45, 7) is 3.51. The van der Waals surface area contributed by atoms with Crippen molar-refractivity contribution in [1.82, 2.24) is 15.0 Å². The number of carbonyl (C=O) groups excluding carboxylic acids is 1. The zero-order valence-corrected chi connectivity index (χ0v) is 17.5. The van der Waals surface area contributed by atoms with E-state index in [0.29, 0.717) is 31.2 Å². The van der Waals surface area contributed by atoms with Crippen molar-refractivity contribution < 1.29 is 22.5 Å². The predicted molar refractivity (Wildman–Crippen MR) is 113 cm³/mol. The number of aryl methyl sites for hydroxylation is 1. The lowest BCUT2D eigenvalue weighted by Crippen LogP contribution is -2.40. The molecule has 1 unspecified atom stereocenters. The van der Waals surface area contributed by atoms with Crippen LogP contribution in [0.4, 0.5) is 18.9 Å². The van der Waals surface area contributed by atoms with E-state index in [1.165, 1.54) is 18.2 Å². The SMILES string of the molecule is Cc1cccc(-c2noc(CN3CCCC(C(=O)Nc4ccccc4C(F)(F)F)C3)n2)c1. The molecule has 4 rings (SSSR count). The van der Waals surface area contributed by atoms with E-state index in [0.717, 1.165) is 30.2 Å². The third-order valence-corrected chi connectivity index (χ3v) is 5.47. The number of rotatable bonds is 5. The molecule has 0 spiro atoms. The number of nitrogens with zero attached hydrogens (tertiary/aromatic N) is 3. The second-order valence-electron chi connectivity index (χ2n) is 7.99. The molecule has 0 saturated carbocycles. The Balaban J connectivity index is 1.40. The Kier molecular flexibility index (Phi) is 6.27. The molecule has 0 radical (unpaired) electrons. The van der Waals surface area contributed by atoms with Crippen LogP contribution >= 0.6 is 0 Å². The van der Waals surface area contributed by atoms with Crippen LogP contribution in [0.1, 0.15) is 29.9 Å². The summed E-state index contributed by atoms with van der Waals surface area (Å²) in [5.74, 6) is 0.0883. The highest BCUT2D eigenvalue weighted by Gasteiger charge is 2.34. The van der Waals surface area contributed by atoms with Gasteiger partial charge >= 0.3 is 6.18 Å². The zero-order chi connectivity index (χ0) is 22.7. The number of carbonyl (C=O) groups is 1. The summed E-state index contributed by atoms with van der Waals surface area (Å²) in [5.41, 5.74) is 0.877. The van der Waals surface area contributed by atoms with Crippen LogP contribution in [0.15, 0.2) is 53.1 Å². The number of aromatic nitrogens is 2. The van der Waals surface area contributed by atoms with Gasteiger partial charge in [0.1, 0.15) is 0 Å². The lowest BCUT2D eigenvalue weighted by Gasteiger charge is -2.31. The number of halogens is 3. The van der Waals surface area contributed by atoms with E-state index in [-0.39, 0.29) is 5.69 Å². The lowest BCUT2D eigenvalue weighted by molar-refractivity contribution is -0.137. The van der Waals surface area contributed by atoms with Gasteiger partial charge in [0, 0.05) is 12.1 Å². The number of alkyl halides is 3. The first kappa shape index (κ1) is 22.0. The van der Waals surface area contributed by atoms with E-state index >= 15 is 0 Å². The van der Waals surface area contributed by atoms with Crippen molar-refractivity contribution in [2.75, 3.05) is 18.4 Å². The summed E-state index contributed by atoms with van der Waals surface area (Å²) < 4.78 is 45.0. The van der Waals surface area contributed by atoms with Crippen molar-refractivity contribution in [2.24, 2.45) is 5.92 Å². The summed E-state index contributed by atoms with van der Waals surface area (Å²) in [7, 11) is 0. The van der Waals surface area contributed by atoms with Gasteiger partial charge in [0.25, 0.3) is 0 Å². The number of hydrogen-bond donors (Lipinski definition) is 1. The molecule has 9 heteroatoms. The summed E-state index contributed by atoms with van der Waals surface area (Å²) in [6, 6.07) is 12.8. The van der Waals surface area contributed by atoms with Crippen molar-refractivity contribution >= 4 is 11.6 Å². The average Bonchev–Trinajstić information content (AvgIpc) is 3.22. The molecule has 2 heterocycles. The minimum Gasteiger partial charge on any atom is -0.338 e. The first-order valence-corrected chi connectivity index (χ1v) is 10.4. The fourth-order valence-electron chi connectivity index (χ4n) is 3.90. The van der Waals surface area contributed by atoms with E-state index in [9.17, 15) is 18.0 Å². The first-order valence-electron chi connectivity index (χ1n) is 10.4. The van der Waals surface area contributed by atoms with Crippen LogP contribution in [-0.2, 0) is 17.5 Å². The van der Waals surface area contributed by atoms with E-state index in [2.05, 4.69) is 15.5 Å². The fourth-order valence-corrected chi connectivity index (χ4v) is 3.90. The molecule has 3 aromatic rings. The van der Waals surface area contributed by atoms with Crippen LogP contribution in [-0.4, -0.2) is 34.0 Å². The van der Waals surface area contributed by atoms with Crippen molar-refractivity contribution in [2.45, 2.75) is 32.5 Å². The lowest BCUT2D eigenvalue weighted by atomic mass is 9.97. The maximum atomic E-state index is 13.2. The van der Waals surface area contributed by atoms with Crippen molar-refractivity contribution in [1.29, 1.82) is 0 Å². The molecule has 32 heavy (non-hydrogen) atoms. The van der Waals surface area contributed by atoms with Crippen LogP contribution in [0.5, 0.6) is 0 Å². The van der Waals surface area contributed by atoms with Gasteiger partial charge in [-0.25, -0.2) is 0 Å². The Bertz CT molecular complexity index is 1100. The molecular formula is C23H23F3N4O2. The van der Waals surface area contributed by atoms with Crippen molar-refractivity contribution in [3.63, 3.8) is 0 Å². The van der Waals surface area contributed by atoms with E-state index in [1.807, 2.05) is 36.1 Å². The topological polar surface area (TPSA) is 71.3 Å². The number of anilines is 1. The van der Waals surface area contributed by atoms with Gasteiger partial charge in [0.05, 0.1) is 23.7 Å². The van der Waals surface area contributed by atoms with Crippen LogP contribution in [0.3, 0.4) is 0 Å². The van der Waals surface area contributed by atoms with E-state index in [1.54, 1.807) is 0 Å². The van der Waals surface area contributed by atoms with Crippen LogP contribution in [0, 0.1) is 12.8 Å². The minimum atomic E-state index is -4.53. The predicted octanol–water partition coefficient (Wildman–Crippen LogP) is 4.91. The Morgan fingerprint density at radius 1 is 1.22 bits per heavy atom. The monoisotopic (exact) mass is 444 g/mol. The molecular weight excluding hydrogens is 421 g/mol. The molecule has 1 aliphatic rings. The van der Waals surface area contributed by atoms with Gasteiger partial charge in [-0.05, 0) is 44.5 Å². The molecule has 1 fully saturated rings. The van der Waals surface area contributed by atoms with E-state index < -0.39 is 23.6 Å². The van der Waals surface area contributed by atoms with Crippen LogP contribution in [0.25, 0.3) is 11.4 Å². The molecule has 1 aromatic heterocycles. The Morgan fingerprint density at radius 2 is 2.03 bits per heavy atom. The van der Waals surface area contributed by atoms with Crippen molar-refractivity contribution in [3.8, 4) is 11.4 Å². The summed E-state index contributed by atoms with van der Waals surface area (Å²) >= 11 is 0. The van der Waals surface area contributed by atoms with Gasteiger partial charge in [0.2, 0.25) is 17.6 Å². The highest BCUT2D eigenvalue weighted by atomic mass is 19.4. The Morgan fingerprint density at radius 3 is 2.81 bits per heavy atom. The first-order chi connectivity index (χ1) is 15.3. The highest BCUT2D eigenvalue weighted by Crippen LogP contribution is 2.35. The van der Waals surface area contributed by atoms with Crippen LogP contribution < -0.4 is 5.32 Å². The molecule has 1 amide bonds. The summed E-state index contributed by atoms with van der Waals surface area (Å²) in [4.78, 5) is 19.2. The maximum Gasteiger partial charge on any atom is 0.418 e. The molecule has 1 atom stereocenters. The zero-order valence-electron chi connectivity index (χ0n) is 17.5.